The Kier molecular flexibility index (Phi) is 5.59. The highest BCUT2D eigenvalue weighted by Crippen LogP contribution is 2.15. The van der Waals surface area contributed by atoms with Crippen LogP contribution in [0.15, 0.2) is 5.38 Å². The minimum Gasteiger partial charge on any atom is -0.480 e. The highest BCUT2D eigenvalue weighted by atomic mass is 32.1. The van der Waals surface area contributed by atoms with Gasteiger partial charge in [0.25, 0.3) is 5.91 Å². The van der Waals surface area contributed by atoms with Crippen molar-refractivity contribution >= 4 is 29.1 Å². The molecular weight excluding hydrogens is 284 g/mol. The maximum absolute atomic E-state index is 11.9. The quantitative estimate of drug-likeness (QED) is 0.539. The van der Waals surface area contributed by atoms with Crippen LogP contribution < -0.4 is 16.8 Å². The first-order valence-corrected chi connectivity index (χ1v) is 6.72. The van der Waals surface area contributed by atoms with Crippen molar-refractivity contribution < 1.29 is 19.5 Å². The van der Waals surface area contributed by atoms with Gasteiger partial charge in [0, 0.05) is 11.8 Å². The van der Waals surface area contributed by atoms with Gasteiger partial charge in [-0.25, -0.2) is 9.78 Å². The lowest BCUT2D eigenvalue weighted by Crippen LogP contribution is -2.41. The Morgan fingerprint density at radius 1 is 1.50 bits per heavy atom. The zero-order valence-corrected chi connectivity index (χ0v) is 11.6. The largest absolute Gasteiger partial charge is 0.480 e. The second-order valence-corrected chi connectivity index (χ2v) is 5.12. The molecule has 8 nitrogen and oxygen atoms in total. The van der Waals surface area contributed by atoms with Crippen LogP contribution in [0.4, 0.5) is 0 Å². The third-order valence-corrected chi connectivity index (χ3v) is 3.47. The van der Waals surface area contributed by atoms with Crippen molar-refractivity contribution in [1.82, 2.24) is 10.3 Å². The Bertz CT molecular complexity index is 514. The molecule has 0 saturated heterocycles. The van der Waals surface area contributed by atoms with E-state index in [1.54, 1.807) is 6.92 Å². The number of amides is 2. The lowest BCUT2D eigenvalue weighted by Gasteiger charge is -2.12. The molecule has 110 valence electrons. The topological polar surface area (TPSA) is 148 Å². The highest BCUT2D eigenvalue weighted by Gasteiger charge is 2.22. The molecule has 0 aliphatic carbocycles. The Balaban J connectivity index is 2.69. The summed E-state index contributed by atoms with van der Waals surface area (Å²) in [6, 6.07) is -1.48. The van der Waals surface area contributed by atoms with Gasteiger partial charge in [-0.15, -0.1) is 11.3 Å². The van der Waals surface area contributed by atoms with Gasteiger partial charge in [0.2, 0.25) is 5.91 Å². The number of hydrogen-bond donors (Lipinski definition) is 4. The molecule has 1 rings (SSSR count). The smallest absolute Gasteiger partial charge is 0.326 e. The second kappa shape index (κ2) is 6.96. The molecule has 9 heteroatoms. The summed E-state index contributed by atoms with van der Waals surface area (Å²) in [5.41, 5.74) is 10.7. The zero-order chi connectivity index (χ0) is 15.3. The minimum atomic E-state index is -1.23. The molecule has 0 aliphatic heterocycles. The lowest BCUT2D eigenvalue weighted by atomic mass is 10.1. The fraction of sp³-hybridized carbons (Fsp3) is 0.455. The molecule has 0 fully saturated rings. The van der Waals surface area contributed by atoms with Gasteiger partial charge in [0.1, 0.15) is 16.7 Å². The number of carbonyl (C=O) groups is 3. The van der Waals surface area contributed by atoms with Crippen molar-refractivity contribution in [1.29, 1.82) is 0 Å². The first-order chi connectivity index (χ1) is 9.31. The van der Waals surface area contributed by atoms with E-state index in [-0.39, 0.29) is 24.6 Å². The maximum Gasteiger partial charge on any atom is 0.326 e. The number of rotatable bonds is 7. The number of thiazole rings is 1. The Labute approximate surface area is 119 Å². The summed E-state index contributed by atoms with van der Waals surface area (Å²) in [6.07, 6.45) is -0.194. The molecule has 0 bridgehead atoms. The molecule has 2 atom stereocenters. The molecule has 2 amide bonds. The van der Waals surface area contributed by atoms with Crippen molar-refractivity contribution in [2.24, 2.45) is 11.5 Å². The number of primary amides is 1. The van der Waals surface area contributed by atoms with Gasteiger partial charge >= 0.3 is 5.97 Å². The Morgan fingerprint density at radius 2 is 2.15 bits per heavy atom. The van der Waals surface area contributed by atoms with Crippen LogP contribution in [0.25, 0.3) is 0 Å². The molecule has 0 spiro atoms. The third kappa shape index (κ3) is 4.59. The fourth-order valence-electron chi connectivity index (χ4n) is 1.38. The summed E-state index contributed by atoms with van der Waals surface area (Å²) in [4.78, 5) is 37.5. The van der Waals surface area contributed by atoms with E-state index >= 15 is 0 Å². The molecule has 20 heavy (non-hydrogen) atoms. The van der Waals surface area contributed by atoms with E-state index in [1.165, 1.54) is 16.7 Å². The van der Waals surface area contributed by atoms with Crippen LogP contribution in [0.5, 0.6) is 0 Å². The predicted molar refractivity (Wildman–Crippen MR) is 72.0 cm³/mol. The number of carbonyl (C=O) groups excluding carboxylic acids is 2. The molecular formula is C11H16N4O4S. The van der Waals surface area contributed by atoms with Crippen LogP contribution in [0, 0.1) is 0 Å². The molecule has 0 aromatic carbocycles. The average molecular weight is 300 g/mol. The van der Waals surface area contributed by atoms with E-state index < -0.39 is 23.8 Å². The van der Waals surface area contributed by atoms with Crippen LogP contribution in [0.3, 0.4) is 0 Å². The first-order valence-electron chi connectivity index (χ1n) is 5.84. The summed E-state index contributed by atoms with van der Waals surface area (Å²) in [6.45, 7) is 1.73. The number of nitrogens with two attached hydrogens (primary N) is 2. The number of nitrogens with one attached hydrogen (secondary N) is 1. The van der Waals surface area contributed by atoms with Gasteiger partial charge < -0.3 is 21.9 Å². The van der Waals surface area contributed by atoms with Crippen molar-refractivity contribution in [2.75, 3.05) is 0 Å². The van der Waals surface area contributed by atoms with Crippen LogP contribution >= 0.6 is 11.3 Å². The zero-order valence-electron chi connectivity index (χ0n) is 10.8. The number of carboxylic acids is 1. The number of hydrogen-bond acceptors (Lipinski definition) is 6. The third-order valence-electron chi connectivity index (χ3n) is 2.43. The monoisotopic (exact) mass is 300 g/mol. The number of nitrogens with zero attached hydrogens (tertiary/aromatic N) is 1. The maximum atomic E-state index is 11.9. The number of aromatic nitrogens is 1. The van der Waals surface area contributed by atoms with Crippen molar-refractivity contribution in [3.8, 4) is 0 Å². The van der Waals surface area contributed by atoms with E-state index in [1.807, 2.05) is 0 Å². The van der Waals surface area contributed by atoms with E-state index in [0.29, 0.717) is 5.01 Å². The Morgan fingerprint density at radius 3 is 2.60 bits per heavy atom. The van der Waals surface area contributed by atoms with Crippen molar-refractivity contribution in [3.05, 3.63) is 16.1 Å². The molecule has 6 N–H and O–H groups in total. The highest BCUT2D eigenvalue weighted by molar-refractivity contribution is 7.09. The van der Waals surface area contributed by atoms with Gasteiger partial charge in [0.15, 0.2) is 0 Å². The average Bonchev–Trinajstić information content (AvgIpc) is 2.83. The molecule has 1 aromatic rings. The van der Waals surface area contributed by atoms with E-state index in [2.05, 4.69) is 10.3 Å². The molecule has 1 heterocycles. The Hall–Kier alpha value is -2.00. The normalized spacial score (nSPS) is 13.5. The van der Waals surface area contributed by atoms with Gasteiger partial charge in [-0.2, -0.15) is 0 Å². The van der Waals surface area contributed by atoms with Crippen LogP contribution in [-0.2, 0) is 9.59 Å². The van der Waals surface area contributed by atoms with Crippen LogP contribution in [0.1, 0.15) is 41.3 Å². The molecule has 1 aromatic heterocycles. The molecule has 1 unspecified atom stereocenters. The fourth-order valence-corrected chi connectivity index (χ4v) is 2.14. The summed E-state index contributed by atoms with van der Waals surface area (Å²) >= 11 is 1.22. The van der Waals surface area contributed by atoms with Gasteiger partial charge in [-0.05, 0) is 13.3 Å². The van der Waals surface area contributed by atoms with Gasteiger partial charge in [0.05, 0.1) is 6.04 Å². The number of carboxylic acid groups (broad SMARTS) is 1. The van der Waals surface area contributed by atoms with Gasteiger partial charge in [-0.3, -0.25) is 9.59 Å². The lowest BCUT2D eigenvalue weighted by molar-refractivity contribution is -0.139. The predicted octanol–water partition coefficient (Wildman–Crippen LogP) is -0.389. The molecule has 0 saturated carbocycles. The summed E-state index contributed by atoms with van der Waals surface area (Å²) < 4.78 is 0. The van der Waals surface area contributed by atoms with Crippen molar-refractivity contribution in [3.63, 3.8) is 0 Å². The molecule has 0 aliphatic rings. The van der Waals surface area contributed by atoms with Gasteiger partial charge in [-0.1, -0.05) is 0 Å². The van der Waals surface area contributed by atoms with E-state index in [9.17, 15) is 14.4 Å². The van der Waals surface area contributed by atoms with Crippen LogP contribution in [-0.4, -0.2) is 33.9 Å². The second-order valence-electron chi connectivity index (χ2n) is 4.23. The standard InChI is InChI=1S/C11H16N4O4S/c1-5(12)10-15-7(4-20-10)9(17)14-6(11(18)19)2-3-8(13)16/h4-6H,2-3,12H2,1H3,(H2,13,16)(H,14,17)(H,18,19)/t5?,6-/m1/s1. The van der Waals surface area contributed by atoms with E-state index in [4.69, 9.17) is 16.6 Å². The summed E-state index contributed by atoms with van der Waals surface area (Å²) in [7, 11) is 0. The SMILES string of the molecule is CC(N)c1nc(C(=O)N[C@H](CCC(N)=O)C(=O)O)cs1. The van der Waals surface area contributed by atoms with Crippen molar-refractivity contribution in [2.45, 2.75) is 31.8 Å². The molecule has 0 radical (unpaired) electrons. The minimum absolute atomic E-state index is 0.0688. The number of aliphatic carboxylic acids is 1. The first kappa shape index (κ1) is 16.1. The summed E-state index contributed by atoms with van der Waals surface area (Å²) in [5.74, 6) is -2.48. The van der Waals surface area contributed by atoms with Crippen LogP contribution in [0.2, 0.25) is 0 Å². The summed E-state index contributed by atoms with van der Waals surface area (Å²) in [5, 5.41) is 13.4. The van der Waals surface area contributed by atoms with E-state index in [0.717, 1.165) is 0 Å².